The Morgan fingerprint density at radius 1 is 0.841 bits per heavy atom. The van der Waals surface area contributed by atoms with E-state index in [1.807, 2.05) is 0 Å². The summed E-state index contributed by atoms with van der Waals surface area (Å²) < 4.78 is 33.9. The molecular weight excluding hydrogens is 592 g/mol. The molecule has 44 heavy (non-hydrogen) atoms. The molecular formula is C28H40O16. The van der Waals surface area contributed by atoms with Crippen LogP contribution in [0.5, 0.6) is 11.5 Å². The van der Waals surface area contributed by atoms with Crippen molar-refractivity contribution in [2.75, 3.05) is 13.7 Å². The molecule has 1 aliphatic carbocycles. The van der Waals surface area contributed by atoms with Crippen LogP contribution in [0, 0.1) is 5.92 Å². The van der Waals surface area contributed by atoms with Gasteiger partial charge < -0.3 is 74.4 Å². The van der Waals surface area contributed by atoms with Gasteiger partial charge in [0.2, 0.25) is 0 Å². The lowest BCUT2D eigenvalue weighted by atomic mass is 9.75. The molecule has 16 atom stereocenters. The average Bonchev–Trinajstić information content (AvgIpc) is 2.98. The molecule has 1 aromatic carbocycles. The minimum absolute atomic E-state index is 0.0538. The third-order valence-corrected chi connectivity index (χ3v) is 8.75. The predicted octanol–water partition coefficient (Wildman–Crippen LogP) is -3.42. The van der Waals surface area contributed by atoms with Gasteiger partial charge in [0.25, 0.3) is 0 Å². The van der Waals surface area contributed by atoms with Crippen LogP contribution in [-0.2, 0) is 28.5 Å². The van der Waals surface area contributed by atoms with Crippen LogP contribution in [0.15, 0.2) is 18.2 Å². The van der Waals surface area contributed by atoms with Crippen LogP contribution in [0.1, 0.15) is 31.4 Å². The lowest BCUT2D eigenvalue weighted by Gasteiger charge is -2.48. The van der Waals surface area contributed by atoms with Crippen molar-refractivity contribution in [2.24, 2.45) is 5.92 Å². The second-order valence-corrected chi connectivity index (χ2v) is 11.7. The maximum absolute atomic E-state index is 13.9. The number of aromatic hydroxyl groups is 1. The Labute approximate surface area is 251 Å². The van der Waals surface area contributed by atoms with Crippen LogP contribution in [0.25, 0.3) is 0 Å². The molecule has 0 aromatic heterocycles. The lowest BCUT2D eigenvalue weighted by Crippen LogP contribution is -2.63. The van der Waals surface area contributed by atoms with E-state index in [1.165, 1.54) is 32.2 Å². The molecule has 4 fully saturated rings. The fourth-order valence-corrected chi connectivity index (χ4v) is 6.21. The zero-order chi connectivity index (χ0) is 32.0. The van der Waals surface area contributed by atoms with Gasteiger partial charge in [-0.05, 0) is 24.6 Å². The first-order valence-corrected chi connectivity index (χ1v) is 14.4. The zero-order valence-electron chi connectivity index (χ0n) is 24.0. The molecule has 248 valence electrons. The third-order valence-electron chi connectivity index (χ3n) is 8.75. The van der Waals surface area contributed by atoms with E-state index >= 15 is 0 Å². The number of benzene rings is 1. The molecule has 4 aliphatic rings. The highest BCUT2D eigenvalue weighted by atomic mass is 16.7. The molecule has 0 spiro atoms. The number of methoxy groups -OCH3 is 1. The number of fused-ring (bicyclic) bond motifs is 1. The number of carbonyl (C=O) groups is 1. The Hall–Kier alpha value is -2.03. The molecule has 3 aliphatic heterocycles. The maximum Gasteiger partial charge on any atom is 0.187 e. The number of carbonyl (C=O) groups excluding carboxylic acids is 1. The molecule has 9 N–H and O–H groups in total. The van der Waals surface area contributed by atoms with Crippen molar-refractivity contribution in [1.29, 1.82) is 0 Å². The predicted molar refractivity (Wildman–Crippen MR) is 142 cm³/mol. The minimum Gasteiger partial charge on any atom is -0.504 e. The van der Waals surface area contributed by atoms with Gasteiger partial charge in [-0.15, -0.1) is 0 Å². The number of Topliss-reactive ketones (excluding diaryl/α,β-unsaturated/α-hetero) is 1. The summed E-state index contributed by atoms with van der Waals surface area (Å²) in [4.78, 5) is 13.9. The van der Waals surface area contributed by atoms with E-state index in [0.29, 0.717) is 5.56 Å². The summed E-state index contributed by atoms with van der Waals surface area (Å²) in [6.45, 7) is 0.904. The Balaban J connectivity index is 1.37. The summed E-state index contributed by atoms with van der Waals surface area (Å²) in [5.74, 6) is -1.84. The van der Waals surface area contributed by atoms with E-state index in [9.17, 15) is 50.8 Å². The summed E-state index contributed by atoms with van der Waals surface area (Å²) in [6, 6.07) is 4.18. The van der Waals surface area contributed by atoms with Crippen molar-refractivity contribution in [3.05, 3.63) is 23.8 Å². The van der Waals surface area contributed by atoms with Gasteiger partial charge in [-0.3, -0.25) is 4.79 Å². The number of rotatable bonds is 7. The zero-order valence-corrected chi connectivity index (χ0v) is 24.0. The second kappa shape index (κ2) is 13.4. The molecule has 5 rings (SSSR count). The molecule has 16 heteroatoms. The monoisotopic (exact) mass is 632 g/mol. The highest BCUT2D eigenvalue weighted by Gasteiger charge is 2.54. The van der Waals surface area contributed by atoms with Gasteiger partial charge in [-0.25, -0.2) is 0 Å². The average molecular weight is 633 g/mol. The third kappa shape index (κ3) is 6.32. The minimum atomic E-state index is -1.87. The number of phenolic OH excluding ortho intramolecular Hbond substituents is 1. The topological polar surface area (TPSA) is 255 Å². The molecule has 0 bridgehead atoms. The fourth-order valence-electron chi connectivity index (χ4n) is 6.21. The van der Waals surface area contributed by atoms with Gasteiger partial charge in [-0.1, -0.05) is 6.07 Å². The van der Waals surface area contributed by atoms with E-state index in [1.54, 1.807) is 0 Å². The lowest BCUT2D eigenvalue weighted by molar-refractivity contribution is -0.338. The highest BCUT2D eigenvalue weighted by molar-refractivity contribution is 5.88. The Kier molecular flexibility index (Phi) is 10.1. The van der Waals surface area contributed by atoms with E-state index < -0.39 is 110 Å². The first-order valence-electron chi connectivity index (χ1n) is 14.4. The van der Waals surface area contributed by atoms with Crippen molar-refractivity contribution in [3.8, 4) is 11.5 Å². The summed E-state index contributed by atoms with van der Waals surface area (Å²) in [6.07, 6.45) is -21.4. The summed E-state index contributed by atoms with van der Waals surface area (Å²) in [5.41, 5.74) is 0.315. The van der Waals surface area contributed by atoms with Gasteiger partial charge in [0, 0.05) is 12.8 Å². The number of ketones is 1. The number of aliphatic hydroxyl groups excluding tert-OH is 8. The van der Waals surface area contributed by atoms with E-state index in [0.717, 1.165) is 0 Å². The van der Waals surface area contributed by atoms with Gasteiger partial charge in [0.05, 0.1) is 44.1 Å². The number of hydrogen-bond acceptors (Lipinski definition) is 16. The molecule has 8 unspecified atom stereocenters. The SMILES string of the molecule is COc1cc(C2OC3CC(O)CC(O)C3C(=O)C2OC2O[C@H](COC3O[C@H](C)[C@@H](O)[C@H](O)[C@@H]3O)[C@@H](O)[C@H](O)[C@H]2O)ccc1O. The summed E-state index contributed by atoms with van der Waals surface area (Å²) in [5, 5.41) is 93.2. The molecule has 3 saturated heterocycles. The first kappa shape index (κ1) is 33.3. The Bertz CT molecular complexity index is 1150. The van der Waals surface area contributed by atoms with Crippen LogP contribution >= 0.6 is 0 Å². The van der Waals surface area contributed by atoms with Crippen LogP contribution < -0.4 is 4.74 Å². The van der Waals surface area contributed by atoms with E-state index in [-0.39, 0.29) is 24.3 Å². The van der Waals surface area contributed by atoms with Crippen LogP contribution in [-0.4, -0.2) is 151 Å². The van der Waals surface area contributed by atoms with Gasteiger partial charge >= 0.3 is 0 Å². The quantitative estimate of drug-likeness (QED) is 0.142. The van der Waals surface area contributed by atoms with E-state index in [2.05, 4.69) is 0 Å². The molecule has 16 nitrogen and oxygen atoms in total. The van der Waals surface area contributed by atoms with Crippen molar-refractivity contribution in [1.82, 2.24) is 0 Å². The largest absolute Gasteiger partial charge is 0.504 e. The van der Waals surface area contributed by atoms with Gasteiger partial charge in [0.15, 0.2) is 29.9 Å². The van der Waals surface area contributed by atoms with Crippen LogP contribution in [0.2, 0.25) is 0 Å². The molecule has 1 aromatic rings. The Morgan fingerprint density at radius 2 is 1.52 bits per heavy atom. The molecule has 3 heterocycles. The van der Waals surface area contributed by atoms with Crippen LogP contribution in [0.4, 0.5) is 0 Å². The number of phenols is 1. The molecule has 0 radical (unpaired) electrons. The fraction of sp³-hybridized carbons (Fsp3) is 0.750. The molecule has 1 saturated carbocycles. The maximum atomic E-state index is 13.9. The second-order valence-electron chi connectivity index (χ2n) is 11.7. The number of ether oxygens (including phenoxy) is 6. The van der Waals surface area contributed by atoms with Crippen molar-refractivity contribution in [2.45, 2.75) is 112 Å². The standard InChI is InChI=1S/C28H40O16/c1-9-18(32)21(35)23(37)27(41-9)40-8-16-19(33)22(36)24(38)28(43-16)44-26-20(34)17-13(31)6-11(29)7-15(17)42-25(26)10-3-4-12(30)14(5-10)39-2/h3-5,9,11,13,15-19,21-33,35-38H,6-8H2,1-2H3/t9-,11?,13?,15?,16-,17?,18-,19-,21+,22+,23+,24-,25?,26?,27?,28?/m1/s1. The van der Waals surface area contributed by atoms with Crippen molar-refractivity contribution < 1.29 is 79.2 Å². The van der Waals surface area contributed by atoms with Crippen LogP contribution in [0.3, 0.4) is 0 Å². The summed E-state index contributed by atoms with van der Waals surface area (Å²) >= 11 is 0. The van der Waals surface area contributed by atoms with Gasteiger partial charge in [-0.2, -0.15) is 0 Å². The van der Waals surface area contributed by atoms with E-state index in [4.69, 9.17) is 28.4 Å². The smallest absolute Gasteiger partial charge is 0.187 e. The van der Waals surface area contributed by atoms with Gasteiger partial charge in [0.1, 0.15) is 54.9 Å². The highest BCUT2D eigenvalue weighted by Crippen LogP contribution is 2.43. The Morgan fingerprint density at radius 3 is 2.23 bits per heavy atom. The van der Waals surface area contributed by atoms with Crippen molar-refractivity contribution in [3.63, 3.8) is 0 Å². The number of hydrogen-bond donors (Lipinski definition) is 9. The number of aliphatic hydroxyl groups is 8. The first-order chi connectivity index (χ1) is 20.8. The normalized spacial score (nSPS) is 46.4. The van der Waals surface area contributed by atoms with Crippen molar-refractivity contribution >= 4 is 5.78 Å². The molecule has 0 amide bonds. The summed E-state index contributed by atoms with van der Waals surface area (Å²) in [7, 11) is 1.32.